The first-order valence-corrected chi connectivity index (χ1v) is 16.3. The largest absolute Gasteiger partial charge is 0.292 e. The molecule has 0 saturated carbocycles. The number of nitrogens with zero attached hydrogens (tertiary/aromatic N) is 2. The molecule has 8 aromatic rings. The second-order valence-corrected chi connectivity index (χ2v) is 12.8. The average Bonchev–Trinajstić information content (AvgIpc) is 3.76. The lowest BCUT2D eigenvalue weighted by atomic mass is 9.70. The number of aryl methyl sites for hydroxylation is 1. The lowest BCUT2D eigenvalue weighted by Crippen LogP contribution is -2.25. The zero-order chi connectivity index (χ0) is 31.1. The highest BCUT2D eigenvalue weighted by Gasteiger charge is 2.51. The summed E-state index contributed by atoms with van der Waals surface area (Å²) >= 11 is 0. The van der Waals surface area contributed by atoms with Crippen molar-refractivity contribution in [3.05, 3.63) is 192 Å². The summed E-state index contributed by atoms with van der Waals surface area (Å²) in [6, 6.07) is 59.9. The molecule has 1 aromatic heterocycles. The number of fused-ring (bicyclic) bond motifs is 11. The molecule has 0 bridgehead atoms. The number of aromatic nitrogens is 2. The van der Waals surface area contributed by atoms with Gasteiger partial charge in [-0.15, -0.1) is 0 Å². The van der Waals surface area contributed by atoms with Crippen molar-refractivity contribution in [1.82, 2.24) is 9.55 Å². The molecule has 1 spiro atoms. The standard InChI is InChI=1S/C45H30N2/c1-29-27-32(47-43-22-12-11-21-42(43)46-44(47)30-13-3-2-4-14-30)24-26-33(29)31-23-25-37-36-17-7-10-20-40(36)45(41(37)28-31)38-18-8-5-15-34(38)35-16-6-9-19-39(35)45/h2-28H,1H3. The fourth-order valence-electron chi connectivity index (χ4n) is 8.44. The predicted octanol–water partition coefficient (Wildman–Crippen LogP) is 11.0. The molecular weight excluding hydrogens is 569 g/mol. The van der Waals surface area contributed by atoms with Gasteiger partial charge in [0.2, 0.25) is 0 Å². The third-order valence-corrected chi connectivity index (χ3v) is 10.4. The van der Waals surface area contributed by atoms with Gasteiger partial charge in [-0.05, 0) is 98.5 Å². The van der Waals surface area contributed by atoms with Gasteiger partial charge in [-0.1, -0.05) is 133 Å². The van der Waals surface area contributed by atoms with Crippen molar-refractivity contribution in [3.63, 3.8) is 0 Å². The van der Waals surface area contributed by atoms with Crippen molar-refractivity contribution in [2.45, 2.75) is 12.3 Å². The minimum Gasteiger partial charge on any atom is -0.292 e. The van der Waals surface area contributed by atoms with Crippen LogP contribution in [-0.2, 0) is 5.41 Å². The number of hydrogen-bond donors (Lipinski definition) is 0. The van der Waals surface area contributed by atoms with Gasteiger partial charge in [0.15, 0.2) is 0 Å². The van der Waals surface area contributed by atoms with Crippen LogP contribution in [0.5, 0.6) is 0 Å². The number of para-hydroxylation sites is 2. The van der Waals surface area contributed by atoms with E-state index in [0.717, 1.165) is 28.1 Å². The van der Waals surface area contributed by atoms with E-state index >= 15 is 0 Å². The third kappa shape index (κ3) is 3.53. The zero-order valence-corrected chi connectivity index (χ0v) is 26.0. The van der Waals surface area contributed by atoms with Crippen molar-refractivity contribution in [2.24, 2.45) is 0 Å². The topological polar surface area (TPSA) is 17.8 Å². The van der Waals surface area contributed by atoms with E-state index in [4.69, 9.17) is 4.98 Å². The molecule has 0 saturated heterocycles. The van der Waals surface area contributed by atoms with Crippen LogP contribution in [0.15, 0.2) is 164 Å². The molecule has 2 aliphatic carbocycles. The zero-order valence-electron chi connectivity index (χ0n) is 26.0. The molecule has 1 heterocycles. The van der Waals surface area contributed by atoms with Crippen molar-refractivity contribution >= 4 is 11.0 Å². The highest BCUT2D eigenvalue weighted by molar-refractivity contribution is 5.96. The van der Waals surface area contributed by atoms with Gasteiger partial charge in [0, 0.05) is 11.3 Å². The van der Waals surface area contributed by atoms with Crippen LogP contribution in [0, 0.1) is 6.92 Å². The summed E-state index contributed by atoms with van der Waals surface area (Å²) in [6.45, 7) is 2.23. The second-order valence-electron chi connectivity index (χ2n) is 12.8. The average molecular weight is 599 g/mol. The number of hydrogen-bond acceptors (Lipinski definition) is 1. The first-order valence-electron chi connectivity index (χ1n) is 16.3. The third-order valence-electron chi connectivity index (χ3n) is 10.4. The lowest BCUT2D eigenvalue weighted by Gasteiger charge is -2.30. The maximum Gasteiger partial charge on any atom is 0.145 e. The smallest absolute Gasteiger partial charge is 0.145 e. The van der Waals surface area contributed by atoms with Gasteiger partial charge in [0.1, 0.15) is 5.82 Å². The maximum atomic E-state index is 5.07. The molecule has 220 valence electrons. The minimum absolute atomic E-state index is 0.344. The molecule has 47 heavy (non-hydrogen) atoms. The minimum atomic E-state index is -0.344. The predicted molar refractivity (Wildman–Crippen MR) is 193 cm³/mol. The van der Waals surface area contributed by atoms with Gasteiger partial charge < -0.3 is 0 Å². The molecule has 7 aromatic carbocycles. The summed E-state index contributed by atoms with van der Waals surface area (Å²) in [7, 11) is 0. The van der Waals surface area contributed by atoms with Gasteiger partial charge in [0.25, 0.3) is 0 Å². The molecule has 10 rings (SSSR count). The van der Waals surface area contributed by atoms with Gasteiger partial charge in [-0.25, -0.2) is 4.98 Å². The summed E-state index contributed by atoms with van der Waals surface area (Å²) in [5, 5.41) is 0. The Kier molecular flexibility index (Phi) is 5.45. The Morgan fingerprint density at radius 2 is 1.00 bits per heavy atom. The number of rotatable bonds is 3. The Balaban J connectivity index is 1.17. The summed E-state index contributed by atoms with van der Waals surface area (Å²) in [4.78, 5) is 5.07. The summed E-state index contributed by atoms with van der Waals surface area (Å²) in [6.07, 6.45) is 0. The first kappa shape index (κ1) is 26.2. The van der Waals surface area contributed by atoms with E-state index in [-0.39, 0.29) is 5.41 Å². The van der Waals surface area contributed by atoms with Crippen LogP contribution < -0.4 is 0 Å². The van der Waals surface area contributed by atoms with E-state index in [2.05, 4.69) is 175 Å². The van der Waals surface area contributed by atoms with Gasteiger partial charge in [-0.3, -0.25) is 4.57 Å². The van der Waals surface area contributed by atoms with E-state index in [0.29, 0.717) is 0 Å². The van der Waals surface area contributed by atoms with Gasteiger partial charge in [0.05, 0.1) is 16.4 Å². The van der Waals surface area contributed by atoms with Crippen LogP contribution in [0.1, 0.15) is 27.8 Å². The van der Waals surface area contributed by atoms with E-state index < -0.39 is 0 Å². The Bertz CT molecular complexity index is 2470. The van der Waals surface area contributed by atoms with Crippen molar-refractivity contribution < 1.29 is 0 Å². The molecule has 0 fully saturated rings. The summed E-state index contributed by atoms with van der Waals surface area (Å²) < 4.78 is 2.29. The van der Waals surface area contributed by atoms with Crippen molar-refractivity contribution in [3.8, 4) is 50.5 Å². The fourth-order valence-corrected chi connectivity index (χ4v) is 8.44. The van der Waals surface area contributed by atoms with E-state index in [1.807, 2.05) is 0 Å². The molecule has 0 amide bonds. The SMILES string of the molecule is Cc1cc(-n2c(-c3ccccc3)nc3ccccc32)ccc1-c1ccc2c(c1)C1(c3ccccc3-c3ccccc31)c1ccccc1-2. The first-order chi connectivity index (χ1) is 23.2. The van der Waals surface area contributed by atoms with Crippen molar-refractivity contribution in [2.75, 3.05) is 0 Å². The molecule has 0 radical (unpaired) electrons. The molecule has 0 aliphatic heterocycles. The van der Waals surface area contributed by atoms with Crippen molar-refractivity contribution in [1.29, 1.82) is 0 Å². The molecule has 2 heteroatoms. The number of benzene rings is 7. The molecular formula is C45H30N2. The highest BCUT2D eigenvalue weighted by atomic mass is 15.1. The number of imidazole rings is 1. The van der Waals surface area contributed by atoms with Crippen LogP contribution in [0.25, 0.3) is 61.5 Å². The normalized spacial score (nSPS) is 13.4. The summed E-state index contributed by atoms with van der Waals surface area (Å²) in [5.74, 6) is 0.953. The molecule has 0 atom stereocenters. The van der Waals surface area contributed by atoms with Gasteiger partial charge in [-0.2, -0.15) is 0 Å². The molecule has 0 unspecified atom stereocenters. The van der Waals surface area contributed by atoms with E-state index in [9.17, 15) is 0 Å². The second kappa shape index (κ2) is 9.75. The monoisotopic (exact) mass is 598 g/mol. The Labute approximate surface area is 274 Å². The van der Waals surface area contributed by atoms with E-state index in [1.54, 1.807) is 0 Å². The van der Waals surface area contributed by atoms with Crippen LogP contribution in [0.4, 0.5) is 0 Å². The highest BCUT2D eigenvalue weighted by Crippen LogP contribution is 2.63. The maximum absolute atomic E-state index is 5.07. The summed E-state index contributed by atoms with van der Waals surface area (Å²) in [5.41, 5.74) is 18.5. The Morgan fingerprint density at radius 3 is 1.66 bits per heavy atom. The Morgan fingerprint density at radius 1 is 0.447 bits per heavy atom. The lowest BCUT2D eigenvalue weighted by molar-refractivity contribution is 0.794. The van der Waals surface area contributed by atoms with Crippen LogP contribution in [0.3, 0.4) is 0 Å². The fraction of sp³-hybridized carbons (Fsp3) is 0.0444. The van der Waals surface area contributed by atoms with Crippen LogP contribution in [0.2, 0.25) is 0 Å². The van der Waals surface area contributed by atoms with Gasteiger partial charge >= 0.3 is 0 Å². The Hall–Kier alpha value is -5.99. The quantitative estimate of drug-likeness (QED) is 0.198. The molecule has 2 nitrogen and oxygen atoms in total. The van der Waals surface area contributed by atoms with Crippen LogP contribution in [-0.4, -0.2) is 9.55 Å². The molecule has 0 N–H and O–H groups in total. The van der Waals surface area contributed by atoms with E-state index in [1.165, 1.54) is 61.2 Å². The van der Waals surface area contributed by atoms with Crippen LogP contribution >= 0.6 is 0 Å². The molecule has 2 aliphatic rings.